The van der Waals surface area contributed by atoms with Crippen LogP contribution in [-0.4, -0.2) is 41.6 Å². The molecule has 0 atom stereocenters. The fourth-order valence-corrected chi connectivity index (χ4v) is 3.29. The zero-order valence-corrected chi connectivity index (χ0v) is 15.5. The van der Waals surface area contributed by atoms with Crippen LogP contribution in [0.15, 0.2) is 53.4 Å². The number of carbonyl (C=O) groups is 1. The maximum atomic E-state index is 12.0. The number of benzene rings is 2. The van der Waals surface area contributed by atoms with Gasteiger partial charge in [-0.2, -0.15) is 0 Å². The maximum absolute atomic E-state index is 12.0. The second kappa shape index (κ2) is 9.21. The third-order valence-corrected chi connectivity index (χ3v) is 5.08. The minimum Gasteiger partial charge on any atom is -0.493 e. The van der Waals surface area contributed by atoms with Gasteiger partial charge < -0.3 is 14.8 Å². The minimum absolute atomic E-state index is 0.123. The Bertz CT molecular complexity index is 838. The summed E-state index contributed by atoms with van der Waals surface area (Å²) in [6.07, 6.45) is 0.581. The lowest BCUT2D eigenvalue weighted by molar-refractivity contribution is -0.119. The van der Waals surface area contributed by atoms with Gasteiger partial charge in [0, 0.05) is 6.54 Å². The van der Waals surface area contributed by atoms with Crippen LogP contribution in [0.5, 0.6) is 11.5 Å². The summed E-state index contributed by atoms with van der Waals surface area (Å²) < 4.78 is 36.8. The third-order valence-electron chi connectivity index (χ3n) is 3.66. The molecule has 2 aromatic carbocycles. The highest BCUT2D eigenvalue weighted by atomic mass is 32.2. The van der Waals surface area contributed by atoms with Gasteiger partial charge in [0.15, 0.2) is 11.5 Å². The van der Waals surface area contributed by atoms with E-state index in [1.54, 1.807) is 38.5 Å². The molecule has 26 heavy (non-hydrogen) atoms. The van der Waals surface area contributed by atoms with Gasteiger partial charge in [0.1, 0.15) is 0 Å². The first-order chi connectivity index (χ1) is 12.5. The lowest BCUT2D eigenvalue weighted by Crippen LogP contribution is -2.37. The molecule has 0 heterocycles. The van der Waals surface area contributed by atoms with E-state index in [1.807, 2.05) is 12.1 Å². The van der Waals surface area contributed by atoms with Crippen LogP contribution in [-0.2, 0) is 21.2 Å². The summed E-state index contributed by atoms with van der Waals surface area (Å²) in [6, 6.07) is 13.4. The number of sulfonamides is 1. The van der Waals surface area contributed by atoms with Crippen molar-refractivity contribution in [3.8, 4) is 11.5 Å². The van der Waals surface area contributed by atoms with Crippen LogP contribution in [0, 0.1) is 0 Å². The molecule has 0 aliphatic heterocycles. The van der Waals surface area contributed by atoms with Gasteiger partial charge >= 0.3 is 0 Å². The van der Waals surface area contributed by atoms with E-state index in [9.17, 15) is 13.2 Å². The zero-order chi connectivity index (χ0) is 19.0. The summed E-state index contributed by atoms with van der Waals surface area (Å²) in [5, 5.41) is 2.68. The van der Waals surface area contributed by atoms with Crippen molar-refractivity contribution in [2.45, 2.75) is 11.3 Å². The van der Waals surface area contributed by atoms with Crippen molar-refractivity contribution in [3.63, 3.8) is 0 Å². The molecule has 2 aromatic rings. The Labute approximate surface area is 153 Å². The number of methoxy groups -OCH3 is 2. The van der Waals surface area contributed by atoms with Crippen LogP contribution >= 0.6 is 0 Å². The molecule has 0 fully saturated rings. The first kappa shape index (κ1) is 19.7. The standard InChI is InChI=1S/C18H22N2O5S/c1-24-16-9-8-14(12-17(16)25-2)10-11-19-18(21)13-20-26(22,23)15-6-4-3-5-7-15/h3-9,12,20H,10-11,13H2,1-2H3,(H,19,21). The molecule has 2 N–H and O–H groups in total. The first-order valence-corrected chi connectivity index (χ1v) is 9.47. The van der Waals surface area contributed by atoms with E-state index in [-0.39, 0.29) is 11.4 Å². The van der Waals surface area contributed by atoms with Gasteiger partial charge in [-0.15, -0.1) is 0 Å². The van der Waals surface area contributed by atoms with Gasteiger partial charge in [0.05, 0.1) is 25.7 Å². The minimum atomic E-state index is -3.69. The average Bonchev–Trinajstić information content (AvgIpc) is 2.67. The largest absolute Gasteiger partial charge is 0.493 e. The van der Waals surface area contributed by atoms with E-state index in [2.05, 4.69) is 10.0 Å². The number of hydrogen-bond acceptors (Lipinski definition) is 5. The van der Waals surface area contributed by atoms with Gasteiger partial charge in [0.2, 0.25) is 15.9 Å². The molecule has 1 amide bonds. The summed E-state index contributed by atoms with van der Waals surface area (Å²) in [4.78, 5) is 12.0. The molecule has 2 rings (SSSR count). The SMILES string of the molecule is COc1ccc(CCNC(=O)CNS(=O)(=O)c2ccccc2)cc1OC. The molecule has 140 valence electrons. The second-order valence-electron chi connectivity index (χ2n) is 5.43. The van der Waals surface area contributed by atoms with Crippen molar-refractivity contribution in [1.29, 1.82) is 0 Å². The highest BCUT2D eigenvalue weighted by Crippen LogP contribution is 2.27. The molecule has 8 heteroatoms. The Morgan fingerprint density at radius 2 is 1.69 bits per heavy atom. The normalized spacial score (nSPS) is 11.0. The van der Waals surface area contributed by atoms with Crippen LogP contribution in [0.3, 0.4) is 0 Å². The summed E-state index contributed by atoms with van der Waals surface area (Å²) in [5.74, 6) is 0.854. The van der Waals surface area contributed by atoms with Gasteiger partial charge in [-0.3, -0.25) is 4.79 Å². The van der Waals surface area contributed by atoms with E-state index >= 15 is 0 Å². The molecule has 0 unspecified atom stereocenters. The molecule has 0 aliphatic carbocycles. The zero-order valence-electron chi connectivity index (χ0n) is 14.7. The molecular weight excluding hydrogens is 356 g/mol. The van der Waals surface area contributed by atoms with Crippen molar-refractivity contribution in [2.24, 2.45) is 0 Å². The smallest absolute Gasteiger partial charge is 0.241 e. The van der Waals surface area contributed by atoms with Crippen molar-refractivity contribution >= 4 is 15.9 Å². The molecule has 0 radical (unpaired) electrons. The van der Waals surface area contributed by atoms with Crippen LogP contribution in [0.2, 0.25) is 0 Å². The summed E-state index contributed by atoms with van der Waals surface area (Å²) in [6.45, 7) is 0.0601. The molecule has 0 saturated carbocycles. The average molecular weight is 378 g/mol. The predicted molar refractivity (Wildman–Crippen MR) is 97.9 cm³/mol. The third kappa shape index (κ3) is 5.47. The second-order valence-corrected chi connectivity index (χ2v) is 7.19. The van der Waals surface area contributed by atoms with Crippen LogP contribution in [0.1, 0.15) is 5.56 Å². The highest BCUT2D eigenvalue weighted by Gasteiger charge is 2.14. The van der Waals surface area contributed by atoms with Gasteiger partial charge in [0.25, 0.3) is 0 Å². The van der Waals surface area contributed by atoms with E-state index in [1.165, 1.54) is 12.1 Å². The number of nitrogens with one attached hydrogen (secondary N) is 2. The predicted octanol–water partition coefficient (Wildman–Crippen LogP) is 1.34. The summed E-state index contributed by atoms with van der Waals surface area (Å²) in [7, 11) is -0.569. The first-order valence-electron chi connectivity index (χ1n) is 7.98. The number of ether oxygens (including phenoxy) is 2. The van der Waals surface area contributed by atoms with Crippen LogP contribution < -0.4 is 19.5 Å². The molecule has 0 bridgehead atoms. The van der Waals surface area contributed by atoms with Crippen molar-refractivity contribution < 1.29 is 22.7 Å². The summed E-state index contributed by atoms with van der Waals surface area (Å²) in [5.41, 5.74) is 0.966. The Hall–Kier alpha value is -2.58. The monoisotopic (exact) mass is 378 g/mol. The Morgan fingerprint density at radius 3 is 2.35 bits per heavy atom. The van der Waals surface area contributed by atoms with Crippen molar-refractivity contribution in [3.05, 3.63) is 54.1 Å². The van der Waals surface area contributed by atoms with Crippen molar-refractivity contribution in [2.75, 3.05) is 27.3 Å². The van der Waals surface area contributed by atoms with Gasteiger partial charge in [-0.1, -0.05) is 24.3 Å². The van der Waals surface area contributed by atoms with Crippen LogP contribution in [0.4, 0.5) is 0 Å². The Kier molecular flexibility index (Phi) is 6.99. The quantitative estimate of drug-likeness (QED) is 0.687. The molecule has 0 aromatic heterocycles. The van der Waals surface area contributed by atoms with Crippen molar-refractivity contribution in [1.82, 2.24) is 10.0 Å². The molecule has 0 aliphatic rings. The fourth-order valence-electron chi connectivity index (χ4n) is 2.29. The van der Waals surface area contributed by atoms with E-state index < -0.39 is 15.9 Å². The van der Waals surface area contributed by atoms with E-state index in [4.69, 9.17) is 9.47 Å². The lowest BCUT2D eigenvalue weighted by Gasteiger charge is -2.10. The Balaban J connectivity index is 1.81. The molecule has 7 nitrogen and oxygen atoms in total. The van der Waals surface area contributed by atoms with Gasteiger partial charge in [-0.05, 0) is 36.2 Å². The van der Waals surface area contributed by atoms with Gasteiger partial charge in [-0.25, -0.2) is 13.1 Å². The lowest BCUT2D eigenvalue weighted by atomic mass is 10.1. The number of carbonyl (C=O) groups excluding carboxylic acids is 1. The molecule has 0 saturated heterocycles. The van der Waals surface area contributed by atoms with Crippen LogP contribution in [0.25, 0.3) is 0 Å². The maximum Gasteiger partial charge on any atom is 0.241 e. The summed E-state index contributed by atoms with van der Waals surface area (Å²) >= 11 is 0. The van der Waals surface area contributed by atoms with E-state index in [0.29, 0.717) is 24.5 Å². The molecular formula is C18H22N2O5S. The fraction of sp³-hybridized carbons (Fsp3) is 0.278. The Morgan fingerprint density at radius 1 is 1.00 bits per heavy atom. The topological polar surface area (TPSA) is 93.7 Å². The highest BCUT2D eigenvalue weighted by molar-refractivity contribution is 7.89. The molecule has 0 spiro atoms. The van der Waals surface area contributed by atoms with E-state index in [0.717, 1.165) is 5.56 Å². The number of amides is 1. The number of rotatable bonds is 9. The number of hydrogen-bond donors (Lipinski definition) is 2.